The number of carbonyl (C=O) groups excluding carboxylic acids is 1. The van der Waals surface area contributed by atoms with Crippen molar-refractivity contribution >= 4 is 33.6 Å². The SMILES string of the molecule is O=Cc1ccccc1.[Hg].[PbH2]. The van der Waals surface area contributed by atoms with E-state index in [4.69, 9.17) is 0 Å². The van der Waals surface area contributed by atoms with Gasteiger partial charge in [-0.1, -0.05) is 30.3 Å². The molecular weight excluding hydrogens is 508 g/mol. The molecule has 1 rings (SSSR count). The van der Waals surface area contributed by atoms with E-state index in [9.17, 15) is 4.79 Å². The summed E-state index contributed by atoms with van der Waals surface area (Å²) in [5.41, 5.74) is 0.729. The van der Waals surface area contributed by atoms with E-state index in [1.165, 1.54) is 0 Å². The van der Waals surface area contributed by atoms with Gasteiger partial charge < -0.3 is 0 Å². The van der Waals surface area contributed by atoms with Gasteiger partial charge in [0, 0.05) is 33.2 Å². The number of benzene rings is 1. The first-order valence-electron chi connectivity index (χ1n) is 2.44. The molecule has 0 bridgehead atoms. The fraction of sp³-hybridized carbons (Fsp3) is 0. The molecule has 0 spiro atoms. The van der Waals surface area contributed by atoms with Crippen LogP contribution in [0.3, 0.4) is 0 Å². The van der Waals surface area contributed by atoms with E-state index in [1.807, 2.05) is 18.2 Å². The number of aldehydes is 1. The van der Waals surface area contributed by atoms with E-state index in [-0.39, 0.29) is 55.0 Å². The first kappa shape index (κ1) is 13.3. The average molecular weight is 516 g/mol. The van der Waals surface area contributed by atoms with E-state index < -0.39 is 0 Å². The van der Waals surface area contributed by atoms with Crippen LogP contribution in [0.15, 0.2) is 30.3 Å². The maximum atomic E-state index is 10.0. The van der Waals surface area contributed by atoms with E-state index >= 15 is 0 Å². The molecule has 0 saturated heterocycles. The van der Waals surface area contributed by atoms with Crippen molar-refractivity contribution in [2.24, 2.45) is 0 Å². The second kappa shape index (κ2) is 7.85. The summed E-state index contributed by atoms with van der Waals surface area (Å²) < 4.78 is 0. The van der Waals surface area contributed by atoms with Crippen LogP contribution < -0.4 is 0 Å². The van der Waals surface area contributed by atoms with E-state index in [0.29, 0.717) is 0 Å². The van der Waals surface area contributed by atoms with E-state index in [0.717, 1.165) is 11.8 Å². The van der Waals surface area contributed by atoms with Crippen molar-refractivity contribution in [3.63, 3.8) is 0 Å². The van der Waals surface area contributed by atoms with Crippen LogP contribution in [0, 0.1) is 0 Å². The molecule has 0 amide bonds. The first-order chi connectivity index (χ1) is 3.93. The van der Waals surface area contributed by atoms with Gasteiger partial charge in [0.1, 0.15) is 6.29 Å². The molecule has 0 N–H and O–H groups in total. The number of carbonyl (C=O) groups is 1. The Labute approximate surface area is 101 Å². The third-order valence-corrected chi connectivity index (χ3v) is 0.936. The normalized spacial score (nSPS) is 6.80. The number of rotatable bonds is 1. The van der Waals surface area contributed by atoms with Gasteiger partial charge in [-0.05, 0) is 0 Å². The second-order valence-corrected chi connectivity index (χ2v) is 1.53. The maximum absolute atomic E-state index is 10.0. The molecule has 0 aromatic heterocycles. The van der Waals surface area contributed by atoms with Gasteiger partial charge in [-0.15, -0.1) is 0 Å². The fourth-order valence-corrected chi connectivity index (χ4v) is 0.532. The van der Waals surface area contributed by atoms with Gasteiger partial charge in [0.25, 0.3) is 0 Å². The van der Waals surface area contributed by atoms with Crippen molar-refractivity contribution in [2.75, 3.05) is 0 Å². The Bertz CT molecular complexity index is 176. The van der Waals surface area contributed by atoms with E-state index in [2.05, 4.69) is 0 Å². The zero-order valence-corrected chi connectivity index (χ0v) is 16.8. The molecule has 0 atom stereocenters. The fourth-order valence-electron chi connectivity index (χ4n) is 0.532. The molecule has 10 heavy (non-hydrogen) atoms. The topological polar surface area (TPSA) is 17.1 Å². The van der Waals surface area contributed by atoms with Crippen LogP contribution >= 0.6 is 0 Å². The zero-order valence-electron chi connectivity index (χ0n) is 5.79. The molecular formula is C7H8HgOPb. The van der Waals surface area contributed by atoms with Crippen LogP contribution in [-0.2, 0) is 27.7 Å². The Morgan fingerprint density at radius 3 is 1.90 bits per heavy atom. The van der Waals surface area contributed by atoms with Gasteiger partial charge in [-0.25, -0.2) is 0 Å². The van der Waals surface area contributed by atoms with Crippen LogP contribution in [0.5, 0.6) is 0 Å². The molecule has 0 aliphatic rings. The Balaban J connectivity index is 0. The predicted octanol–water partition coefficient (Wildman–Crippen LogP) is 0.580. The molecule has 0 aliphatic heterocycles. The molecule has 0 heterocycles. The van der Waals surface area contributed by atoms with Crippen LogP contribution in [0.25, 0.3) is 0 Å². The van der Waals surface area contributed by atoms with Crippen LogP contribution in [0.4, 0.5) is 0 Å². The van der Waals surface area contributed by atoms with Gasteiger partial charge in [0.05, 0.1) is 0 Å². The van der Waals surface area contributed by atoms with Crippen LogP contribution in [0.1, 0.15) is 10.4 Å². The average Bonchev–Trinajstić information content (AvgIpc) is 1.90. The Morgan fingerprint density at radius 2 is 1.60 bits per heavy atom. The molecule has 1 aromatic carbocycles. The standard InChI is InChI=1S/C7H6O.Hg.Pb.2H/c8-6-7-4-2-1-3-5-7;;;;/h1-6H;;;;. The number of hydrogen-bond acceptors (Lipinski definition) is 1. The molecule has 48 valence electrons. The van der Waals surface area contributed by atoms with Crippen LogP contribution in [-0.4, -0.2) is 33.6 Å². The van der Waals surface area contributed by atoms with Crippen molar-refractivity contribution in [3.05, 3.63) is 35.9 Å². The van der Waals surface area contributed by atoms with Crippen molar-refractivity contribution in [1.29, 1.82) is 0 Å². The summed E-state index contributed by atoms with van der Waals surface area (Å²) in [6.45, 7) is 0. The molecule has 0 saturated carbocycles. The van der Waals surface area contributed by atoms with Crippen molar-refractivity contribution in [1.82, 2.24) is 0 Å². The summed E-state index contributed by atoms with van der Waals surface area (Å²) in [6, 6.07) is 9.10. The van der Waals surface area contributed by atoms with Crippen molar-refractivity contribution in [3.8, 4) is 0 Å². The third-order valence-electron chi connectivity index (χ3n) is 0.936. The molecule has 2 radical (unpaired) electrons. The van der Waals surface area contributed by atoms with E-state index in [1.54, 1.807) is 12.1 Å². The monoisotopic (exact) mass is 518 g/mol. The van der Waals surface area contributed by atoms with Crippen molar-refractivity contribution < 1.29 is 32.5 Å². The van der Waals surface area contributed by atoms with Gasteiger partial charge in [-0.2, -0.15) is 0 Å². The summed E-state index contributed by atoms with van der Waals surface area (Å²) in [5.74, 6) is 0. The summed E-state index contributed by atoms with van der Waals surface area (Å²) in [4.78, 5) is 10.0. The zero-order chi connectivity index (χ0) is 5.82. The molecule has 0 fully saturated rings. The quantitative estimate of drug-likeness (QED) is 0.395. The summed E-state index contributed by atoms with van der Waals surface area (Å²) in [7, 11) is 0. The first-order valence-corrected chi connectivity index (χ1v) is 2.44. The molecule has 3 heteroatoms. The van der Waals surface area contributed by atoms with Gasteiger partial charge in [-0.3, -0.25) is 4.79 Å². The molecule has 0 unspecified atom stereocenters. The predicted molar refractivity (Wildman–Crippen MR) is 40.4 cm³/mol. The molecule has 1 aromatic rings. The van der Waals surface area contributed by atoms with Crippen molar-refractivity contribution in [2.45, 2.75) is 0 Å². The molecule has 1 nitrogen and oxygen atoms in total. The third kappa shape index (κ3) is 4.55. The van der Waals surface area contributed by atoms with Gasteiger partial charge in [0.2, 0.25) is 0 Å². The Kier molecular flexibility index (Phi) is 10.5. The van der Waals surface area contributed by atoms with Gasteiger partial charge >= 0.3 is 27.3 Å². The Morgan fingerprint density at radius 1 is 1.10 bits per heavy atom. The second-order valence-electron chi connectivity index (χ2n) is 1.53. The van der Waals surface area contributed by atoms with Gasteiger partial charge in [0.15, 0.2) is 0 Å². The minimum atomic E-state index is 0. The summed E-state index contributed by atoms with van der Waals surface area (Å²) in [6.07, 6.45) is 0.833. The minimum absolute atomic E-state index is 0. The number of hydrogen-bond donors (Lipinski definition) is 0. The summed E-state index contributed by atoms with van der Waals surface area (Å²) in [5, 5.41) is 0. The molecule has 0 aliphatic carbocycles. The van der Waals surface area contributed by atoms with Crippen LogP contribution in [0.2, 0.25) is 0 Å². The Hall–Kier alpha value is 0.747. The summed E-state index contributed by atoms with van der Waals surface area (Å²) >= 11 is 0.